The highest BCUT2D eigenvalue weighted by molar-refractivity contribution is 7.89. The summed E-state index contributed by atoms with van der Waals surface area (Å²) < 4.78 is 22.3. The second-order valence-electron chi connectivity index (χ2n) is 4.70. The van der Waals surface area contributed by atoms with Crippen molar-refractivity contribution in [2.45, 2.75) is 4.90 Å². The molecule has 122 valence electrons. The summed E-state index contributed by atoms with van der Waals surface area (Å²) in [6.07, 6.45) is 1.30. The second kappa shape index (κ2) is 7.41. The van der Waals surface area contributed by atoms with Gasteiger partial charge in [-0.3, -0.25) is 4.79 Å². The zero-order valence-electron chi connectivity index (χ0n) is 12.4. The third kappa shape index (κ3) is 4.67. The molecule has 8 heteroatoms. The molecule has 0 aliphatic carbocycles. The van der Waals surface area contributed by atoms with Crippen molar-refractivity contribution in [1.29, 1.82) is 5.26 Å². The van der Waals surface area contributed by atoms with E-state index in [2.05, 4.69) is 10.6 Å². The Labute approximate surface area is 139 Å². The van der Waals surface area contributed by atoms with E-state index in [0.29, 0.717) is 5.69 Å². The SMILES string of the molecule is N#C/C(=C/Nc1ccccc1)C(=O)Nc1ccc(S(N)(=O)=O)cc1. The van der Waals surface area contributed by atoms with Crippen LogP contribution in [-0.2, 0) is 14.8 Å². The summed E-state index contributed by atoms with van der Waals surface area (Å²) in [6.45, 7) is 0. The van der Waals surface area contributed by atoms with Gasteiger partial charge in [0.05, 0.1) is 4.90 Å². The van der Waals surface area contributed by atoms with Crippen molar-refractivity contribution in [1.82, 2.24) is 0 Å². The van der Waals surface area contributed by atoms with Crippen LogP contribution in [0.5, 0.6) is 0 Å². The molecule has 4 N–H and O–H groups in total. The number of primary sulfonamides is 1. The molecule has 0 aliphatic rings. The van der Waals surface area contributed by atoms with Gasteiger partial charge in [0.2, 0.25) is 10.0 Å². The molecular formula is C16H14N4O3S. The molecule has 0 spiro atoms. The number of carbonyl (C=O) groups is 1. The lowest BCUT2D eigenvalue weighted by molar-refractivity contribution is -0.112. The molecule has 0 atom stereocenters. The van der Waals surface area contributed by atoms with Crippen molar-refractivity contribution < 1.29 is 13.2 Å². The summed E-state index contributed by atoms with van der Waals surface area (Å²) >= 11 is 0. The number of amides is 1. The number of nitrogens with one attached hydrogen (secondary N) is 2. The monoisotopic (exact) mass is 342 g/mol. The van der Waals surface area contributed by atoms with E-state index >= 15 is 0 Å². The van der Waals surface area contributed by atoms with E-state index in [9.17, 15) is 13.2 Å². The zero-order chi connectivity index (χ0) is 17.6. The second-order valence-corrected chi connectivity index (χ2v) is 6.27. The van der Waals surface area contributed by atoms with Gasteiger partial charge in [0.15, 0.2) is 0 Å². The van der Waals surface area contributed by atoms with Crippen molar-refractivity contribution in [3.05, 3.63) is 66.4 Å². The fourth-order valence-corrected chi connectivity index (χ4v) is 2.28. The van der Waals surface area contributed by atoms with Crippen LogP contribution in [0.25, 0.3) is 0 Å². The molecule has 0 saturated heterocycles. The van der Waals surface area contributed by atoms with E-state index in [1.54, 1.807) is 18.2 Å². The number of nitriles is 1. The minimum absolute atomic E-state index is 0.0673. The van der Waals surface area contributed by atoms with E-state index in [1.165, 1.54) is 30.5 Å². The smallest absolute Gasteiger partial charge is 0.267 e. The minimum atomic E-state index is -3.79. The fourth-order valence-electron chi connectivity index (χ4n) is 1.76. The van der Waals surface area contributed by atoms with Crippen LogP contribution in [0.3, 0.4) is 0 Å². The van der Waals surface area contributed by atoms with Crippen molar-refractivity contribution in [3.8, 4) is 6.07 Å². The van der Waals surface area contributed by atoms with Crippen LogP contribution in [0.4, 0.5) is 11.4 Å². The molecule has 0 unspecified atom stereocenters. The number of hydrogen-bond acceptors (Lipinski definition) is 5. The number of para-hydroxylation sites is 1. The first-order valence-corrected chi connectivity index (χ1v) is 8.31. The molecule has 1 amide bonds. The Hall–Kier alpha value is -3.15. The summed E-state index contributed by atoms with van der Waals surface area (Å²) in [5.74, 6) is -0.621. The lowest BCUT2D eigenvalue weighted by Crippen LogP contribution is -2.15. The summed E-state index contributed by atoms with van der Waals surface area (Å²) in [6, 6.07) is 16.2. The molecule has 2 rings (SSSR count). The van der Waals surface area contributed by atoms with Crippen molar-refractivity contribution in [3.63, 3.8) is 0 Å². The lowest BCUT2D eigenvalue weighted by Gasteiger charge is -2.06. The number of nitrogens with two attached hydrogens (primary N) is 1. The number of rotatable bonds is 5. The number of anilines is 2. The van der Waals surface area contributed by atoms with Gasteiger partial charge in [-0.15, -0.1) is 0 Å². The normalized spacial score (nSPS) is 11.4. The molecule has 0 aromatic heterocycles. The predicted octanol–water partition coefficient (Wildman–Crippen LogP) is 1.79. The van der Waals surface area contributed by atoms with Gasteiger partial charge in [-0.2, -0.15) is 5.26 Å². The predicted molar refractivity (Wildman–Crippen MR) is 90.2 cm³/mol. The quantitative estimate of drug-likeness (QED) is 0.564. The Bertz CT molecular complexity index is 899. The molecule has 2 aromatic carbocycles. The number of benzene rings is 2. The van der Waals surface area contributed by atoms with Crippen LogP contribution in [0, 0.1) is 11.3 Å². The van der Waals surface area contributed by atoms with Gasteiger partial charge in [-0.25, -0.2) is 13.6 Å². The standard InChI is InChI=1S/C16H14N4O3S/c17-10-12(11-19-13-4-2-1-3-5-13)16(21)20-14-6-8-15(9-7-14)24(18,22)23/h1-9,11,19H,(H,20,21)(H2,18,22,23)/b12-11-. The maximum absolute atomic E-state index is 12.1. The van der Waals surface area contributed by atoms with Gasteiger partial charge < -0.3 is 10.6 Å². The van der Waals surface area contributed by atoms with Crippen LogP contribution in [0.15, 0.2) is 71.3 Å². The summed E-state index contributed by atoms with van der Waals surface area (Å²) in [4.78, 5) is 12.0. The molecule has 0 saturated carbocycles. The molecule has 0 radical (unpaired) electrons. The number of hydrogen-bond donors (Lipinski definition) is 3. The first-order valence-electron chi connectivity index (χ1n) is 6.76. The van der Waals surface area contributed by atoms with Crippen LogP contribution >= 0.6 is 0 Å². The Kier molecular flexibility index (Phi) is 5.31. The highest BCUT2D eigenvalue weighted by Crippen LogP contribution is 2.14. The third-order valence-corrected chi connectivity index (χ3v) is 3.89. The lowest BCUT2D eigenvalue weighted by atomic mass is 10.2. The number of carbonyl (C=O) groups excluding carboxylic acids is 1. The van der Waals surface area contributed by atoms with Gasteiger partial charge >= 0.3 is 0 Å². The maximum Gasteiger partial charge on any atom is 0.267 e. The first-order chi connectivity index (χ1) is 11.4. The van der Waals surface area contributed by atoms with Crippen LogP contribution in [0.2, 0.25) is 0 Å². The number of nitrogens with zero attached hydrogens (tertiary/aromatic N) is 1. The van der Waals surface area contributed by atoms with Gasteiger partial charge in [-0.1, -0.05) is 18.2 Å². The summed E-state index contributed by atoms with van der Waals surface area (Å²) in [5, 5.41) is 19.4. The van der Waals surface area contributed by atoms with Crippen LogP contribution in [-0.4, -0.2) is 14.3 Å². The van der Waals surface area contributed by atoms with Gasteiger partial charge in [0.1, 0.15) is 11.6 Å². The molecule has 0 fully saturated rings. The van der Waals surface area contributed by atoms with Gasteiger partial charge in [-0.05, 0) is 36.4 Å². The Morgan fingerprint density at radius 3 is 2.21 bits per heavy atom. The zero-order valence-corrected chi connectivity index (χ0v) is 13.2. The highest BCUT2D eigenvalue weighted by atomic mass is 32.2. The molecule has 0 heterocycles. The third-order valence-electron chi connectivity index (χ3n) is 2.96. The van der Waals surface area contributed by atoms with E-state index in [-0.39, 0.29) is 10.5 Å². The highest BCUT2D eigenvalue weighted by Gasteiger charge is 2.11. The minimum Gasteiger partial charge on any atom is -0.360 e. The average Bonchev–Trinajstić information content (AvgIpc) is 2.56. The Morgan fingerprint density at radius 2 is 1.67 bits per heavy atom. The van der Waals surface area contributed by atoms with Gasteiger partial charge in [0.25, 0.3) is 5.91 Å². The van der Waals surface area contributed by atoms with Crippen molar-refractivity contribution in [2.24, 2.45) is 5.14 Å². The van der Waals surface area contributed by atoms with Gasteiger partial charge in [0, 0.05) is 17.6 Å². The maximum atomic E-state index is 12.1. The Balaban J connectivity index is 2.08. The molecule has 2 aromatic rings. The van der Waals surface area contributed by atoms with E-state index in [1.807, 2.05) is 18.2 Å². The summed E-state index contributed by atoms with van der Waals surface area (Å²) in [5.41, 5.74) is 0.943. The van der Waals surface area contributed by atoms with Crippen molar-refractivity contribution in [2.75, 3.05) is 10.6 Å². The Morgan fingerprint density at radius 1 is 1.04 bits per heavy atom. The fraction of sp³-hybridized carbons (Fsp3) is 0. The van der Waals surface area contributed by atoms with Crippen LogP contribution in [0.1, 0.15) is 0 Å². The molecular weight excluding hydrogens is 328 g/mol. The average molecular weight is 342 g/mol. The van der Waals surface area contributed by atoms with Crippen LogP contribution < -0.4 is 15.8 Å². The summed E-state index contributed by atoms with van der Waals surface area (Å²) in [7, 11) is -3.79. The van der Waals surface area contributed by atoms with E-state index < -0.39 is 15.9 Å². The molecule has 7 nitrogen and oxygen atoms in total. The molecule has 0 bridgehead atoms. The topological polar surface area (TPSA) is 125 Å². The van der Waals surface area contributed by atoms with Crippen molar-refractivity contribution >= 4 is 27.3 Å². The van der Waals surface area contributed by atoms with E-state index in [4.69, 9.17) is 10.4 Å². The van der Waals surface area contributed by atoms with E-state index in [0.717, 1.165) is 5.69 Å². The molecule has 24 heavy (non-hydrogen) atoms. The first kappa shape index (κ1) is 17.2. The molecule has 0 aliphatic heterocycles. The number of sulfonamides is 1. The largest absolute Gasteiger partial charge is 0.360 e.